The molecule has 0 spiro atoms. The van der Waals surface area contributed by atoms with Crippen molar-refractivity contribution in [2.24, 2.45) is 5.92 Å². The van der Waals surface area contributed by atoms with E-state index in [1.165, 1.54) is 25.9 Å². The number of nitrogens with zero attached hydrogens (tertiary/aromatic N) is 4. The average Bonchev–Trinajstić information content (AvgIpc) is 2.86. The summed E-state index contributed by atoms with van der Waals surface area (Å²) >= 11 is 0. The lowest BCUT2D eigenvalue weighted by Gasteiger charge is -2.32. The molecule has 2 aromatic heterocycles. The van der Waals surface area contributed by atoms with E-state index < -0.39 is 0 Å². The Labute approximate surface area is 113 Å². The Balaban J connectivity index is 1.76. The Kier molecular flexibility index (Phi) is 3.38. The quantitative estimate of drug-likeness (QED) is 0.912. The molecule has 1 fully saturated rings. The first-order valence-electron chi connectivity index (χ1n) is 6.92. The van der Waals surface area contributed by atoms with Crippen molar-refractivity contribution >= 4 is 16.9 Å². The summed E-state index contributed by atoms with van der Waals surface area (Å²) in [5.41, 5.74) is 2.02. The van der Waals surface area contributed by atoms with Gasteiger partial charge in [0.15, 0.2) is 5.82 Å². The van der Waals surface area contributed by atoms with Crippen molar-refractivity contribution in [3.05, 3.63) is 18.6 Å². The molecule has 1 N–H and O–H groups in total. The molecule has 1 atom stereocenters. The number of fused-ring (bicyclic) bond motifs is 1. The van der Waals surface area contributed by atoms with Crippen LogP contribution in [-0.4, -0.2) is 53.6 Å². The number of pyridine rings is 1. The van der Waals surface area contributed by atoms with Crippen LogP contribution in [0.15, 0.2) is 18.6 Å². The topological polar surface area (TPSA) is 48.0 Å². The van der Waals surface area contributed by atoms with Gasteiger partial charge in [-0.15, -0.1) is 0 Å². The number of aromatic amines is 1. The van der Waals surface area contributed by atoms with Crippen molar-refractivity contribution in [3.8, 4) is 0 Å². The normalized spacial score (nSPS) is 20.8. The van der Waals surface area contributed by atoms with Gasteiger partial charge in [0, 0.05) is 26.3 Å². The molecule has 5 nitrogen and oxygen atoms in total. The van der Waals surface area contributed by atoms with Gasteiger partial charge in [0.2, 0.25) is 0 Å². The van der Waals surface area contributed by atoms with Crippen molar-refractivity contribution in [1.29, 1.82) is 0 Å². The van der Waals surface area contributed by atoms with Gasteiger partial charge < -0.3 is 14.8 Å². The maximum absolute atomic E-state index is 4.49. The number of anilines is 1. The van der Waals surface area contributed by atoms with Crippen molar-refractivity contribution in [2.45, 2.75) is 12.8 Å². The number of piperidine rings is 1. The first-order chi connectivity index (χ1) is 9.24. The predicted molar refractivity (Wildman–Crippen MR) is 77.4 cm³/mol. The Morgan fingerprint density at radius 2 is 2.37 bits per heavy atom. The molecule has 2 aromatic rings. The molecule has 19 heavy (non-hydrogen) atoms. The molecule has 1 saturated heterocycles. The Morgan fingerprint density at radius 3 is 3.21 bits per heavy atom. The molecule has 1 aliphatic rings. The van der Waals surface area contributed by atoms with Gasteiger partial charge in [0.05, 0.1) is 11.8 Å². The van der Waals surface area contributed by atoms with Crippen LogP contribution in [0.25, 0.3) is 11.0 Å². The summed E-state index contributed by atoms with van der Waals surface area (Å²) in [6.45, 7) is 3.46. The first kappa shape index (κ1) is 12.4. The zero-order valence-corrected chi connectivity index (χ0v) is 11.6. The first-order valence-corrected chi connectivity index (χ1v) is 6.92. The lowest BCUT2D eigenvalue weighted by atomic mass is 9.98. The fourth-order valence-corrected chi connectivity index (χ4v) is 3.03. The van der Waals surface area contributed by atoms with Crippen LogP contribution in [0.2, 0.25) is 0 Å². The highest BCUT2D eigenvalue weighted by Crippen LogP contribution is 2.23. The van der Waals surface area contributed by atoms with Crippen LogP contribution >= 0.6 is 0 Å². The van der Waals surface area contributed by atoms with E-state index in [9.17, 15) is 0 Å². The minimum Gasteiger partial charge on any atom is -0.357 e. The van der Waals surface area contributed by atoms with E-state index in [2.05, 4.69) is 38.8 Å². The third kappa shape index (κ3) is 2.56. The highest BCUT2D eigenvalue weighted by Gasteiger charge is 2.20. The molecule has 1 unspecified atom stereocenters. The van der Waals surface area contributed by atoms with E-state index in [0.29, 0.717) is 0 Å². The second kappa shape index (κ2) is 5.17. The summed E-state index contributed by atoms with van der Waals surface area (Å²) < 4.78 is 0. The second-order valence-corrected chi connectivity index (χ2v) is 5.58. The second-order valence-electron chi connectivity index (χ2n) is 5.58. The van der Waals surface area contributed by atoms with Crippen LogP contribution in [0.5, 0.6) is 0 Å². The lowest BCUT2D eigenvalue weighted by molar-refractivity contribution is 0.213. The third-order valence-corrected chi connectivity index (χ3v) is 3.93. The molecule has 0 bridgehead atoms. The third-order valence-electron chi connectivity index (χ3n) is 3.93. The van der Waals surface area contributed by atoms with E-state index in [1.54, 1.807) is 6.33 Å². The molecule has 0 radical (unpaired) electrons. The van der Waals surface area contributed by atoms with Crippen molar-refractivity contribution in [2.75, 3.05) is 38.6 Å². The number of likely N-dealkylation sites (tertiary alicyclic amines) is 1. The maximum atomic E-state index is 4.49. The number of H-pyrrole nitrogens is 1. The van der Waals surface area contributed by atoms with Gasteiger partial charge in [0.1, 0.15) is 5.52 Å². The highest BCUT2D eigenvalue weighted by atomic mass is 15.2. The molecule has 3 rings (SSSR count). The van der Waals surface area contributed by atoms with Gasteiger partial charge in [-0.25, -0.2) is 9.97 Å². The van der Waals surface area contributed by atoms with Gasteiger partial charge in [-0.3, -0.25) is 0 Å². The van der Waals surface area contributed by atoms with Crippen molar-refractivity contribution < 1.29 is 0 Å². The minimum atomic E-state index is 0.722. The summed E-state index contributed by atoms with van der Waals surface area (Å²) in [5, 5.41) is 0. The van der Waals surface area contributed by atoms with Crippen LogP contribution in [0.4, 0.5) is 5.82 Å². The smallest absolute Gasteiger partial charge is 0.156 e. The summed E-state index contributed by atoms with van der Waals surface area (Å²) in [6.07, 6.45) is 6.19. The van der Waals surface area contributed by atoms with E-state index in [-0.39, 0.29) is 0 Å². The molecule has 0 aliphatic carbocycles. The van der Waals surface area contributed by atoms with E-state index >= 15 is 0 Å². The summed E-state index contributed by atoms with van der Waals surface area (Å²) in [6, 6.07) is 1.97. The fourth-order valence-electron chi connectivity index (χ4n) is 3.03. The fraction of sp³-hybridized carbons (Fsp3) is 0.571. The lowest BCUT2D eigenvalue weighted by Crippen LogP contribution is -2.38. The number of hydrogen-bond acceptors (Lipinski definition) is 4. The zero-order valence-electron chi connectivity index (χ0n) is 11.6. The SMILES string of the molecule is CN1CCCC(CN(C)c2nccc3[nH]cnc23)C1. The van der Waals surface area contributed by atoms with E-state index in [4.69, 9.17) is 0 Å². The molecular weight excluding hydrogens is 238 g/mol. The zero-order chi connectivity index (χ0) is 13.2. The average molecular weight is 259 g/mol. The van der Waals surface area contributed by atoms with Crippen LogP contribution in [0, 0.1) is 5.92 Å². The van der Waals surface area contributed by atoms with Crippen molar-refractivity contribution in [1.82, 2.24) is 19.9 Å². The molecule has 3 heterocycles. The highest BCUT2D eigenvalue weighted by molar-refractivity contribution is 5.85. The van der Waals surface area contributed by atoms with E-state index in [0.717, 1.165) is 29.3 Å². The Hall–Kier alpha value is -1.62. The Bertz CT molecular complexity index is 550. The van der Waals surface area contributed by atoms with Gasteiger partial charge in [-0.2, -0.15) is 0 Å². The molecule has 1 aliphatic heterocycles. The van der Waals surface area contributed by atoms with Gasteiger partial charge >= 0.3 is 0 Å². The Morgan fingerprint density at radius 1 is 1.47 bits per heavy atom. The van der Waals surface area contributed by atoms with Crippen molar-refractivity contribution in [3.63, 3.8) is 0 Å². The standard InChI is InChI=1S/C14H21N5/c1-18-7-3-4-11(8-18)9-19(2)14-13-12(5-6-15-14)16-10-17-13/h5-6,10-11H,3-4,7-9H2,1-2H3,(H,16,17). The summed E-state index contributed by atoms with van der Waals surface area (Å²) in [4.78, 5) is 16.7. The largest absolute Gasteiger partial charge is 0.357 e. The number of hydrogen-bond donors (Lipinski definition) is 1. The molecule has 5 heteroatoms. The minimum absolute atomic E-state index is 0.722. The molecule has 0 saturated carbocycles. The number of rotatable bonds is 3. The van der Waals surface area contributed by atoms with Gasteiger partial charge in [-0.05, 0) is 38.4 Å². The van der Waals surface area contributed by atoms with E-state index in [1.807, 2.05) is 12.3 Å². The van der Waals surface area contributed by atoms with Gasteiger partial charge in [-0.1, -0.05) is 0 Å². The molecule has 102 valence electrons. The van der Waals surface area contributed by atoms with Crippen LogP contribution in [0.3, 0.4) is 0 Å². The van der Waals surface area contributed by atoms with Gasteiger partial charge in [0.25, 0.3) is 0 Å². The summed E-state index contributed by atoms with van der Waals surface area (Å²) in [5.74, 6) is 1.70. The molecular formula is C14H21N5. The molecule has 0 aromatic carbocycles. The number of nitrogens with one attached hydrogen (secondary N) is 1. The molecule has 0 amide bonds. The number of aromatic nitrogens is 3. The summed E-state index contributed by atoms with van der Waals surface area (Å²) in [7, 11) is 4.32. The van der Waals surface area contributed by atoms with Crippen LogP contribution < -0.4 is 4.90 Å². The van der Waals surface area contributed by atoms with Crippen LogP contribution in [-0.2, 0) is 0 Å². The number of imidazole rings is 1. The monoisotopic (exact) mass is 259 g/mol. The van der Waals surface area contributed by atoms with Crippen LogP contribution in [0.1, 0.15) is 12.8 Å². The predicted octanol–water partition coefficient (Wildman–Crippen LogP) is 1.74. The maximum Gasteiger partial charge on any atom is 0.156 e.